The molecule has 0 aromatic heterocycles. The molecule has 1 unspecified atom stereocenters. The molecule has 1 aliphatic heterocycles. The minimum absolute atomic E-state index is 0.207. The van der Waals surface area contributed by atoms with Gasteiger partial charge in [0.1, 0.15) is 6.04 Å². The second-order valence-electron chi connectivity index (χ2n) is 7.23. The van der Waals surface area contributed by atoms with Gasteiger partial charge >= 0.3 is 5.97 Å². The molecule has 8 heteroatoms. The number of piperidine rings is 1. The highest BCUT2D eigenvalue weighted by molar-refractivity contribution is 5.97. The van der Waals surface area contributed by atoms with Crippen LogP contribution < -0.4 is 11.1 Å². The van der Waals surface area contributed by atoms with Gasteiger partial charge in [0.2, 0.25) is 5.91 Å². The Morgan fingerprint density at radius 1 is 1.14 bits per heavy atom. The van der Waals surface area contributed by atoms with Crippen LogP contribution in [0.4, 0.5) is 0 Å². The number of rotatable bonds is 7. The Labute approximate surface area is 164 Å². The molecule has 1 saturated heterocycles. The van der Waals surface area contributed by atoms with Gasteiger partial charge in [-0.15, -0.1) is 0 Å². The van der Waals surface area contributed by atoms with Crippen LogP contribution in [0.15, 0.2) is 30.3 Å². The van der Waals surface area contributed by atoms with E-state index in [0.29, 0.717) is 31.5 Å². The van der Waals surface area contributed by atoms with Crippen LogP contribution in [-0.2, 0) is 19.1 Å². The number of ether oxygens (including phenoxy) is 1. The molecule has 1 fully saturated rings. The lowest BCUT2D eigenvalue weighted by Crippen LogP contribution is -2.47. The number of amides is 3. The molecule has 1 heterocycles. The molecular weight excluding hydrogens is 362 g/mol. The average molecular weight is 389 g/mol. The summed E-state index contributed by atoms with van der Waals surface area (Å²) in [5, 5.41) is 2.66. The minimum atomic E-state index is -0.860. The summed E-state index contributed by atoms with van der Waals surface area (Å²) in [7, 11) is 0. The minimum Gasteiger partial charge on any atom is -0.454 e. The normalized spacial score (nSPS) is 15.8. The number of likely N-dealkylation sites (tertiary alicyclic amines) is 1. The quantitative estimate of drug-likeness (QED) is 0.666. The van der Waals surface area contributed by atoms with Crippen molar-refractivity contribution in [2.45, 2.75) is 32.7 Å². The lowest BCUT2D eigenvalue weighted by molar-refractivity contribution is -0.155. The van der Waals surface area contributed by atoms with E-state index in [4.69, 9.17) is 10.5 Å². The first-order chi connectivity index (χ1) is 13.3. The van der Waals surface area contributed by atoms with E-state index >= 15 is 0 Å². The lowest BCUT2D eigenvalue weighted by atomic mass is 9.96. The fraction of sp³-hybridized carbons (Fsp3) is 0.500. The van der Waals surface area contributed by atoms with Gasteiger partial charge in [-0.25, -0.2) is 4.79 Å². The van der Waals surface area contributed by atoms with Gasteiger partial charge in [-0.3, -0.25) is 14.4 Å². The molecule has 0 bridgehead atoms. The smallest absolute Gasteiger partial charge is 0.329 e. The summed E-state index contributed by atoms with van der Waals surface area (Å²) in [6.07, 6.45) is 1.02. The first-order valence-electron chi connectivity index (χ1n) is 9.39. The maximum Gasteiger partial charge on any atom is 0.329 e. The van der Waals surface area contributed by atoms with Gasteiger partial charge < -0.3 is 20.7 Å². The van der Waals surface area contributed by atoms with Crippen molar-refractivity contribution in [3.63, 3.8) is 0 Å². The standard InChI is InChI=1S/C20H27N3O5/c1-13(2)17(22-19(26)15-6-4-3-5-7-15)20(27)28-12-16(24)23-10-8-14(9-11-23)18(21)25/h3-7,13-14,17H,8-12H2,1-2H3,(H2,21,25)(H,22,26). The number of primary amides is 1. The number of hydrogen-bond donors (Lipinski definition) is 2. The topological polar surface area (TPSA) is 119 Å². The highest BCUT2D eigenvalue weighted by Gasteiger charge is 2.29. The van der Waals surface area contributed by atoms with Gasteiger partial charge in [-0.05, 0) is 30.9 Å². The van der Waals surface area contributed by atoms with Crippen LogP contribution in [-0.4, -0.2) is 54.3 Å². The number of benzene rings is 1. The summed E-state index contributed by atoms with van der Waals surface area (Å²) in [5.74, 6) is -2.14. The second kappa shape index (κ2) is 9.87. The number of nitrogens with two attached hydrogens (primary N) is 1. The van der Waals surface area contributed by atoms with E-state index in [1.54, 1.807) is 49.1 Å². The fourth-order valence-corrected chi connectivity index (χ4v) is 3.04. The zero-order valence-corrected chi connectivity index (χ0v) is 16.2. The Morgan fingerprint density at radius 3 is 2.29 bits per heavy atom. The molecule has 3 amide bonds. The van der Waals surface area contributed by atoms with Crippen LogP contribution in [0.1, 0.15) is 37.0 Å². The maximum atomic E-state index is 12.4. The van der Waals surface area contributed by atoms with Crippen molar-refractivity contribution in [3.05, 3.63) is 35.9 Å². The number of hydrogen-bond acceptors (Lipinski definition) is 5. The second-order valence-corrected chi connectivity index (χ2v) is 7.23. The Kier molecular flexibility index (Phi) is 7.54. The maximum absolute atomic E-state index is 12.4. The Balaban J connectivity index is 1.86. The van der Waals surface area contributed by atoms with Crippen LogP contribution in [0.2, 0.25) is 0 Å². The fourth-order valence-electron chi connectivity index (χ4n) is 3.04. The first-order valence-corrected chi connectivity index (χ1v) is 9.39. The van der Waals surface area contributed by atoms with E-state index in [1.165, 1.54) is 0 Å². The predicted octanol–water partition coefficient (Wildman–Crippen LogP) is 0.708. The Bertz CT molecular complexity index is 712. The molecule has 0 aliphatic carbocycles. The Morgan fingerprint density at radius 2 is 1.75 bits per heavy atom. The molecule has 0 saturated carbocycles. The first kappa shape index (κ1) is 21.4. The molecule has 1 aromatic carbocycles. The van der Waals surface area contributed by atoms with Crippen LogP contribution >= 0.6 is 0 Å². The predicted molar refractivity (Wildman–Crippen MR) is 102 cm³/mol. The van der Waals surface area contributed by atoms with Crippen molar-refractivity contribution in [2.75, 3.05) is 19.7 Å². The van der Waals surface area contributed by atoms with E-state index in [-0.39, 0.29) is 29.6 Å². The van der Waals surface area contributed by atoms with E-state index in [1.807, 2.05) is 0 Å². The number of nitrogens with one attached hydrogen (secondary N) is 1. The summed E-state index contributed by atoms with van der Waals surface area (Å²) in [4.78, 5) is 49.7. The van der Waals surface area contributed by atoms with Gasteiger partial charge in [0, 0.05) is 24.6 Å². The van der Waals surface area contributed by atoms with Gasteiger partial charge in [0.05, 0.1) is 0 Å². The van der Waals surface area contributed by atoms with Crippen molar-refractivity contribution >= 4 is 23.7 Å². The van der Waals surface area contributed by atoms with Crippen molar-refractivity contribution in [3.8, 4) is 0 Å². The van der Waals surface area contributed by atoms with Crippen molar-refractivity contribution in [1.82, 2.24) is 10.2 Å². The van der Waals surface area contributed by atoms with E-state index in [2.05, 4.69) is 5.32 Å². The molecule has 8 nitrogen and oxygen atoms in total. The molecule has 1 aliphatic rings. The van der Waals surface area contributed by atoms with E-state index < -0.39 is 18.6 Å². The summed E-state index contributed by atoms with van der Waals surface area (Å²) in [5.41, 5.74) is 5.72. The zero-order chi connectivity index (χ0) is 20.7. The molecule has 0 radical (unpaired) electrons. The molecule has 0 spiro atoms. The molecular formula is C20H27N3O5. The monoisotopic (exact) mass is 389 g/mol. The van der Waals surface area contributed by atoms with Crippen molar-refractivity contribution in [2.24, 2.45) is 17.6 Å². The molecule has 28 heavy (non-hydrogen) atoms. The number of nitrogens with zero attached hydrogens (tertiary/aromatic N) is 1. The van der Waals surface area contributed by atoms with Gasteiger partial charge in [-0.2, -0.15) is 0 Å². The van der Waals surface area contributed by atoms with Crippen molar-refractivity contribution < 1.29 is 23.9 Å². The zero-order valence-electron chi connectivity index (χ0n) is 16.2. The molecule has 1 atom stereocenters. The number of esters is 1. The van der Waals surface area contributed by atoms with Gasteiger partial charge in [0.25, 0.3) is 11.8 Å². The lowest BCUT2D eigenvalue weighted by Gasteiger charge is -2.30. The summed E-state index contributed by atoms with van der Waals surface area (Å²) in [6, 6.07) is 7.70. The summed E-state index contributed by atoms with van der Waals surface area (Å²) >= 11 is 0. The highest BCUT2D eigenvalue weighted by Crippen LogP contribution is 2.16. The third-order valence-electron chi connectivity index (χ3n) is 4.83. The van der Waals surface area contributed by atoms with Crippen LogP contribution in [0.3, 0.4) is 0 Å². The van der Waals surface area contributed by atoms with Crippen LogP contribution in [0.5, 0.6) is 0 Å². The van der Waals surface area contributed by atoms with Gasteiger partial charge in [0.15, 0.2) is 6.61 Å². The van der Waals surface area contributed by atoms with Gasteiger partial charge in [-0.1, -0.05) is 32.0 Å². The molecule has 152 valence electrons. The number of carbonyl (C=O) groups excluding carboxylic acids is 4. The summed E-state index contributed by atoms with van der Waals surface area (Å²) in [6.45, 7) is 3.98. The van der Waals surface area contributed by atoms with Crippen LogP contribution in [0, 0.1) is 11.8 Å². The Hall–Kier alpha value is -2.90. The molecule has 2 rings (SSSR count). The summed E-state index contributed by atoms with van der Waals surface area (Å²) < 4.78 is 5.16. The largest absolute Gasteiger partial charge is 0.454 e. The van der Waals surface area contributed by atoms with E-state index in [9.17, 15) is 19.2 Å². The SMILES string of the molecule is CC(C)C(NC(=O)c1ccccc1)C(=O)OCC(=O)N1CCC(C(N)=O)CC1. The molecule has 3 N–H and O–H groups in total. The number of carbonyl (C=O) groups is 4. The highest BCUT2D eigenvalue weighted by atomic mass is 16.5. The van der Waals surface area contributed by atoms with Crippen LogP contribution in [0.25, 0.3) is 0 Å². The third kappa shape index (κ3) is 5.80. The van der Waals surface area contributed by atoms with E-state index in [0.717, 1.165) is 0 Å². The van der Waals surface area contributed by atoms with Crippen molar-refractivity contribution in [1.29, 1.82) is 0 Å². The third-order valence-corrected chi connectivity index (χ3v) is 4.83. The average Bonchev–Trinajstić information content (AvgIpc) is 2.70. The molecule has 1 aromatic rings.